The molecule has 1 rings (SSSR count). The maximum Gasteiger partial charge on any atom is 0.573 e. The standard InChI is InChI=1S/C17H20F3NO2/c1-3-7-15(23-17(18,19)20)10-6-11-16(22)21-14-9-5-8-13(4-2)12-14/h5-10,12H,3-4,11H2,1-2H3,(H,21,22)/b10-6-,15-7+. The highest BCUT2D eigenvalue weighted by atomic mass is 19.4. The Balaban J connectivity index is 2.57. The minimum atomic E-state index is -4.74. The number of ether oxygens (including phenoxy) is 1. The van der Waals surface area contributed by atoms with Crippen LogP contribution in [0.4, 0.5) is 18.9 Å². The van der Waals surface area contributed by atoms with Gasteiger partial charge in [0.2, 0.25) is 5.91 Å². The number of rotatable bonds is 7. The van der Waals surface area contributed by atoms with Gasteiger partial charge in [0, 0.05) is 12.1 Å². The van der Waals surface area contributed by atoms with Crippen molar-refractivity contribution >= 4 is 11.6 Å². The van der Waals surface area contributed by atoms with Gasteiger partial charge >= 0.3 is 6.36 Å². The molecule has 6 heteroatoms. The number of hydrogen-bond donors (Lipinski definition) is 1. The van der Waals surface area contributed by atoms with E-state index in [2.05, 4.69) is 10.1 Å². The SMILES string of the molecule is CC/C=C(\C=C/CC(=O)Nc1cccc(CC)c1)OC(F)(F)F. The third-order valence-corrected chi connectivity index (χ3v) is 2.84. The molecule has 0 radical (unpaired) electrons. The van der Waals surface area contributed by atoms with Crippen molar-refractivity contribution in [2.24, 2.45) is 0 Å². The second-order valence-corrected chi connectivity index (χ2v) is 4.77. The molecule has 0 aromatic heterocycles. The number of amides is 1. The Morgan fingerprint density at radius 1 is 1.30 bits per heavy atom. The van der Waals surface area contributed by atoms with Crippen LogP contribution in [0.3, 0.4) is 0 Å². The molecule has 126 valence electrons. The third kappa shape index (κ3) is 8.09. The zero-order valence-electron chi connectivity index (χ0n) is 13.1. The summed E-state index contributed by atoms with van der Waals surface area (Å²) in [4.78, 5) is 11.8. The maximum absolute atomic E-state index is 12.2. The van der Waals surface area contributed by atoms with Crippen molar-refractivity contribution in [3.8, 4) is 0 Å². The van der Waals surface area contributed by atoms with Crippen LogP contribution in [-0.4, -0.2) is 12.3 Å². The van der Waals surface area contributed by atoms with Crippen LogP contribution < -0.4 is 5.32 Å². The molecule has 0 heterocycles. The van der Waals surface area contributed by atoms with Crippen molar-refractivity contribution in [3.63, 3.8) is 0 Å². The molecule has 1 aromatic carbocycles. The quantitative estimate of drug-likeness (QED) is 0.567. The van der Waals surface area contributed by atoms with Gasteiger partial charge in [-0.25, -0.2) is 0 Å². The average molecular weight is 327 g/mol. The number of benzene rings is 1. The highest BCUT2D eigenvalue weighted by Gasteiger charge is 2.31. The smallest absolute Gasteiger partial charge is 0.406 e. The van der Waals surface area contributed by atoms with Gasteiger partial charge in [0.15, 0.2) is 0 Å². The minimum Gasteiger partial charge on any atom is -0.406 e. The van der Waals surface area contributed by atoms with Crippen LogP contribution in [0.15, 0.2) is 48.3 Å². The normalized spacial score (nSPS) is 12.5. The van der Waals surface area contributed by atoms with Gasteiger partial charge in [0.25, 0.3) is 0 Å². The van der Waals surface area contributed by atoms with Crippen molar-refractivity contribution in [2.75, 3.05) is 5.32 Å². The summed E-state index contributed by atoms with van der Waals surface area (Å²) in [6, 6.07) is 7.40. The Labute approximate surface area is 133 Å². The Morgan fingerprint density at radius 3 is 2.65 bits per heavy atom. The first-order valence-corrected chi connectivity index (χ1v) is 7.35. The van der Waals surface area contributed by atoms with E-state index in [0.717, 1.165) is 18.1 Å². The van der Waals surface area contributed by atoms with E-state index in [1.807, 2.05) is 25.1 Å². The van der Waals surface area contributed by atoms with Crippen LogP contribution >= 0.6 is 0 Å². The molecule has 0 unspecified atom stereocenters. The fourth-order valence-electron chi connectivity index (χ4n) is 1.84. The lowest BCUT2D eigenvalue weighted by Crippen LogP contribution is -2.12. The van der Waals surface area contributed by atoms with E-state index in [1.165, 1.54) is 12.2 Å². The van der Waals surface area contributed by atoms with Crippen molar-refractivity contribution in [2.45, 2.75) is 39.5 Å². The number of halogens is 3. The molecule has 0 aliphatic carbocycles. The van der Waals surface area contributed by atoms with Crippen LogP contribution in [0.25, 0.3) is 0 Å². The monoisotopic (exact) mass is 327 g/mol. The van der Waals surface area contributed by atoms with E-state index < -0.39 is 6.36 Å². The van der Waals surface area contributed by atoms with E-state index in [1.54, 1.807) is 13.0 Å². The number of carbonyl (C=O) groups excluding carboxylic acids is 1. The van der Waals surface area contributed by atoms with Gasteiger partial charge < -0.3 is 10.1 Å². The molecule has 0 aliphatic rings. The first kappa shape index (κ1) is 18.8. The third-order valence-electron chi connectivity index (χ3n) is 2.84. The molecule has 0 spiro atoms. The lowest BCUT2D eigenvalue weighted by atomic mass is 10.1. The van der Waals surface area contributed by atoms with Crippen LogP contribution in [-0.2, 0) is 16.0 Å². The van der Waals surface area contributed by atoms with Crippen LogP contribution in [0.5, 0.6) is 0 Å². The number of alkyl halides is 3. The Kier molecular flexibility index (Phi) is 7.38. The molecule has 0 fully saturated rings. The summed E-state index contributed by atoms with van der Waals surface area (Å²) in [6.07, 6.45) is 0.250. The lowest BCUT2D eigenvalue weighted by molar-refractivity contribution is -0.303. The van der Waals surface area contributed by atoms with E-state index in [4.69, 9.17) is 0 Å². The predicted molar refractivity (Wildman–Crippen MR) is 83.7 cm³/mol. The van der Waals surface area contributed by atoms with E-state index in [0.29, 0.717) is 12.1 Å². The molecule has 3 nitrogen and oxygen atoms in total. The maximum atomic E-state index is 12.2. The van der Waals surface area contributed by atoms with Crippen LogP contribution in [0.1, 0.15) is 32.3 Å². The number of nitrogens with one attached hydrogen (secondary N) is 1. The summed E-state index contributed by atoms with van der Waals surface area (Å²) in [6.45, 7) is 3.70. The lowest BCUT2D eigenvalue weighted by Gasteiger charge is -2.09. The highest BCUT2D eigenvalue weighted by molar-refractivity contribution is 5.91. The van der Waals surface area contributed by atoms with Crippen LogP contribution in [0, 0.1) is 0 Å². The summed E-state index contributed by atoms with van der Waals surface area (Å²) >= 11 is 0. The topological polar surface area (TPSA) is 38.3 Å². The number of anilines is 1. The van der Waals surface area contributed by atoms with Crippen LogP contribution in [0.2, 0.25) is 0 Å². The molecule has 0 aliphatic heterocycles. The van der Waals surface area contributed by atoms with Gasteiger partial charge in [-0.1, -0.05) is 32.1 Å². The van der Waals surface area contributed by atoms with Gasteiger partial charge in [-0.05, 0) is 42.7 Å². The van der Waals surface area contributed by atoms with Gasteiger partial charge in [-0.2, -0.15) is 0 Å². The molecular formula is C17H20F3NO2. The molecule has 0 atom stereocenters. The van der Waals surface area contributed by atoms with Gasteiger partial charge in [0.05, 0.1) is 0 Å². The fraction of sp³-hybridized carbons (Fsp3) is 0.353. The average Bonchev–Trinajstić information content (AvgIpc) is 2.46. The number of carbonyl (C=O) groups is 1. The Morgan fingerprint density at radius 2 is 2.04 bits per heavy atom. The second-order valence-electron chi connectivity index (χ2n) is 4.77. The molecule has 0 bridgehead atoms. The molecule has 1 aromatic rings. The molecular weight excluding hydrogens is 307 g/mol. The highest BCUT2D eigenvalue weighted by Crippen LogP contribution is 2.21. The summed E-state index contributed by atoms with van der Waals surface area (Å²) < 4.78 is 40.4. The Bertz CT molecular complexity index is 577. The summed E-state index contributed by atoms with van der Waals surface area (Å²) in [5, 5.41) is 2.70. The van der Waals surface area contributed by atoms with Crippen molar-refractivity contribution in [3.05, 3.63) is 53.8 Å². The van der Waals surface area contributed by atoms with Crippen molar-refractivity contribution in [1.29, 1.82) is 0 Å². The van der Waals surface area contributed by atoms with E-state index in [-0.39, 0.29) is 18.1 Å². The van der Waals surface area contributed by atoms with Crippen molar-refractivity contribution < 1.29 is 22.7 Å². The molecule has 1 N–H and O–H groups in total. The summed E-state index contributed by atoms with van der Waals surface area (Å²) in [7, 11) is 0. The predicted octanol–water partition coefficient (Wildman–Crippen LogP) is 4.96. The van der Waals surface area contributed by atoms with Crippen molar-refractivity contribution in [1.82, 2.24) is 0 Å². The van der Waals surface area contributed by atoms with Gasteiger partial charge in [-0.15, -0.1) is 13.2 Å². The summed E-state index contributed by atoms with van der Waals surface area (Å²) in [5.74, 6) is -0.627. The van der Waals surface area contributed by atoms with E-state index in [9.17, 15) is 18.0 Å². The fourth-order valence-corrected chi connectivity index (χ4v) is 1.84. The molecule has 1 amide bonds. The van der Waals surface area contributed by atoms with E-state index >= 15 is 0 Å². The summed E-state index contributed by atoms with van der Waals surface area (Å²) in [5.41, 5.74) is 1.75. The number of allylic oxidation sites excluding steroid dienone is 2. The number of aryl methyl sites for hydroxylation is 1. The first-order chi connectivity index (χ1) is 10.8. The zero-order chi connectivity index (χ0) is 17.3. The second kappa shape index (κ2) is 9.02. The Hall–Kier alpha value is -2.24. The minimum absolute atomic E-state index is 0.0430. The molecule has 0 saturated carbocycles. The number of hydrogen-bond acceptors (Lipinski definition) is 2. The van der Waals surface area contributed by atoms with Gasteiger partial charge in [0.1, 0.15) is 5.76 Å². The first-order valence-electron chi connectivity index (χ1n) is 7.35. The molecule has 0 saturated heterocycles. The van der Waals surface area contributed by atoms with Gasteiger partial charge in [-0.3, -0.25) is 4.79 Å². The molecule has 23 heavy (non-hydrogen) atoms. The largest absolute Gasteiger partial charge is 0.573 e. The zero-order valence-corrected chi connectivity index (χ0v) is 13.1.